The quantitative estimate of drug-likeness (QED) is 0.680. The molecule has 4 nitrogen and oxygen atoms in total. The Labute approximate surface area is 120 Å². The number of carbonyl (C=O) groups is 1. The van der Waals surface area contributed by atoms with E-state index in [1.807, 2.05) is 30.3 Å². The number of rotatable bonds is 5. The molecule has 0 radical (unpaired) electrons. The fourth-order valence-electron chi connectivity index (χ4n) is 1.38. The van der Waals surface area contributed by atoms with Crippen LogP contribution in [0.5, 0.6) is 0 Å². The summed E-state index contributed by atoms with van der Waals surface area (Å²) in [6, 6.07) is 13.1. The van der Waals surface area contributed by atoms with Crippen LogP contribution in [0.25, 0.3) is 0 Å². The van der Waals surface area contributed by atoms with Gasteiger partial charge >= 0.3 is 0 Å². The smallest absolute Gasteiger partial charge is 0.271 e. The number of thioether (sulfide) groups is 1. The van der Waals surface area contributed by atoms with Gasteiger partial charge in [-0.15, -0.1) is 22.0 Å². The molecule has 98 valence electrons. The Hall–Kier alpha value is -1.59. The Morgan fingerprint density at radius 3 is 2.63 bits per heavy atom. The molecule has 0 fully saturated rings. The van der Waals surface area contributed by atoms with Gasteiger partial charge in [0.1, 0.15) is 0 Å². The highest BCUT2D eigenvalue weighted by Gasteiger charge is 2.06. The number of benzene rings is 1. The van der Waals surface area contributed by atoms with Crippen LogP contribution in [-0.2, 0) is 0 Å². The Bertz CT molecular complexity index is 533. The van der Waals surface area contributed by atoms with Crippen molar-refractivity contribution in [3.63, 3.8) is 0 Å². The first-order chi connectivity index (χ1) is 9.25. The van der Waals surface area contributed by atoms with Crippen LogP contribution in [0.3, 0.4) is 0 Å². The van der Waals surface area contributed by atoms with Crippen molar-refractivity contribution in [1.82, 2.24) is 15.5 Å². The van der Waals surface area contributed by atoms with Gasteiger partial charge in [-0.2, -0.15) is 0 Å². The van der Waals surface area contributed by atoms with Gasteiger partial charge < -0.3 is 5.32 Å². The summed E-state index contributed by atoms with van der Waals surface area (Å²) in [4.78, 5) is 12.9. The van der Waals surface area contributed by atoms with Crippen molar-refractivity contribution in [3.05, 3.63) is 53.3 Å². The van der Waals surface area contributed by atoms with Crippen LogP contribution in [-0.4, -0.2) is 28.4 Å². The van der Waals surface area contributed by atoms with E-state index in [1.54, 1.807) is 23.9 Å². The SMILES string of the molecule is O=C(NCCSc1ccccc1)c1ccc(Cl)nn1. The summed E-state index contributed by atoms with van der Waals surface area (Å²) in [5, 5.41) is 10.4. The molecule has 0 unspecified atom stereocenters. The van der Waals surface area contributed by atoms with Crippen molar-refractivity contribution in [2.24, 2.45) is 0 Å². The third kappa shape index (κ3) is 4.54. The van der Waals surface area contributed by atoms with Gasteiger partial charge in [-0.05, 0) is 24.3 Å². The number of hydrogen-bond acceptors (Lipinski definition) is 4. The van der Waals surface area contributed by atoms with E-state index >= 15 is 0 Å². The summed E-state index contributed by atoms with van der Waals surface area (Å²) in [7, 11) is 0. The fourth-order valence-corrected chi connectivity index (χ4v) is 2.27. The predicted octanol–water partition coefficient (Wildman–Crippen LogP) is 2.65. The summed E-state index contributed by atoms with van der Waals surface area (Å²) in [5.74, 6) is 0.564. The number of halogens is 1. The van der Waals surface area contributed by atoms with E-state index in [2.05, 4.69) is 15.5 Å². The van der Waals surface area contributed by atoms with Crippen LogP contribution in [0, 0.1) is 0 Å². The minimum absolute atomic E-state index is 0.238. The van der Waals surface area contributed by atoms with Gasteiger partial charge in [0.25, 0.3) is 5.91 Å². The maximum atomic E-state index is 11.7. The lowest BCUT2D eigenvalue weighted by molar-refractivity contribution is 0.0950. The maximum absolute atomic E-state index is 11.7. The highest BCUT2D eigenvalue weighted by atomic mass is 35.5. The average Bonchev–Trinajstić information content (AvgIpc) is 2.45. The highest BCUT2D eigenvalue weighted by Crippen LogP contribution is 2.15. The summed E-state index contributed by atoms with van der Waals surface area (Å²) < 4.78 is 0. The molecule has 1 amide bonds. The number of aromatic nitrogens is 2. The van der Waals surface area contributed by atoms with Gasteiger partial charge in [-0.25, -0.2) is 0 Å². The van der Waals surface area contributed by atoms with Crippen molar-refractivity contribution in [2.75, 3.05) is 12.3 Å². The third-order valence-corrected chi connectivity index (χ3v) is 3.48. The third-order valence-electron chi connectivity index (χ3n) is 2.26. The zero-order valence-electron chi connectivity index (χ0n) is 10.0. The van der Waals surface area contributed by atoms with Crippen molar-refractivity contribution in [3.8, 4) is 0 Å². The first kappa shape index (κ1) is 13.8. The van der Waals surface area contributed by atoms with E-state index in [4.69, 9.17) is 11.6 Å². The van der Waals surface area contributed by atoms with E-state index in [-0.39, 0.29) is 16.8 Å². The lowest BCUT2D eigenvalue weighted by Crippen LogP contribution is -2.26. The van der Waals surface area contributed by atoms with Crippen molar-refractivity contribution in [2.45, 2.75) is 4.90 Å². The minimum atomic E-state index is -0.238. The molecule has 6 heteroatoms. The van der Waals surface area contributed by atoms with Gasteiger partial charge in [0, 0.05) is 17.2 Å². The molecular formula is C13H12ClN3OS. The van der Waals surface area contributed by atoms with Gasteiger partial charge in [0.15, 0.2) is 10.8 Å². The zero-order chi connectivity index (χ0) is 13.5. The van der Waals surface area contributed by atoms with Crippen LogP contribution in [0.4, 0.5) is 0 Å². The second kappa shape index (κ2) is 7.11. The largest absolute Gasteiger partial charge is 0.350 e. The van der Waals surface area contributed by atoms with E-state index in [1.165, 1.54) is 4.90 Å². The number of hydrogen-bond donors (Lipinski definition) is 1. The Morgan fingerprint density at radius 2 is 1.95 bits per heavy atom. The second-order valence-electron chi connectivity index (χ2n) is 3.66. The van der Waals surface area contributed by atoms with Gasteiger partial charge in [0.2, 0.25) is 0 Å². The summed E-state index contributed by atoms with van der Waals surface area (Å²) >= 11 is 7.29. The molecule has 1 aromatic carbocycles. The molecule has 0 spiro atoms. The molecule has 2 rings (SSSR count). The van der Waals surface area contributed by atoms with Gasteiger partial charge in [-0.1, -0.05) is 29.8 Å². The molecule has 0 saturated heterocycles. The molecule has 0 bridgehead atoms. The normalized spacial score (nSPS) is 10.2. The van der Waals surface area contributed by atoms with Crippen LogP contribution in [0.15, 0.2) is 47.4 Å². The number of carbonyl (C=O) groups excluding carboxylic acids is 1. The van der Waals surface area contributed by atoms with E-state index < -0.39 is 0 Å². The van der Waals surface area contributed by atoms with Crippen molar-refractivity contribution >= 4 is 29.3 Å². The number of amides is 1. The second-order valence-corrected chi connectivity index (χ2v) is 5.21. The molecular weight excluding hydrogens is 282 g/mol. The average molecular weight is 294 g/mol. The molecule has 0 aliphatic carbocycles. The van der Waals surface area contributed by atoms with Crippen molar-refractivity contribution < 1.29 is 4.79 Å². The lowest BCUT2D eigenvalue weighted by atomic mass is 10.4. The predicted molar refractivity (Wildman–Crippen MR) is 76.5 cm³/mol. The monoisotopic (exact) mass is 293 g/mol. The van der Waals surface area contributed by atoms with Crippen molar-refractivity contribution in [1.29, 1.82) is 0 Å². The lowest BCUT2D eigenvalue weighted by Gasteiger charge is -2.04. The van der Waals surface area contributed by atoms with E-state index in [0.29, 0.717) is 6.54 Å². The minimum Gasteiger partial charge on any atom is -0.350 e. The molecule has 0 aliphatic rings. The molecule has 2 aromatic rings. The first-order valence-electron chi connectivity index (χ1n) is 5.71. The molecule has 1 heterocycles. The summed E-state index contributed by atoms with van der Waals surface area (Å²) in [6.45, 7) is 0.572. The molecule has 1 aromatic heterocycles. The number of nitrogens with zero attached hydrogens (tertiary/aromatic N) is 2. The Kier molecular flexibility index (Phi) is 5.18. The van der Waals surface area contributed by atoms with E-state index in [0.717, 1.165) is 5.75 Å². The number of nitrogens with one attached hydrogen (secondary N) is 1. The molecule has 19 heavy (non-hydrogen) atoms. The topological polar surface area (TPSA) is 54.9 Å². The Balaban J connectivity index is 1.74. The highest BCUT2D eigenvalue weighted by molar-refractivity contribution is 7.99. The van der Waals surface area contributed by atoms with Gasteiger partial charge in [-0.3, -0.25) is 4.79 Å². The van der Waals surface area contributed by atoms with Crippen LogP contribution < -0.4 is 5.32 Å². The van der Waals surface area contributed by atoms with Gasteiger partial charge in [0.05, 0.1) is 0 Å². The summed E-state index contributed by atoms with van der Waals surface area (Å²) in [6.07, 6.45) is 0. The fraction of sp³-hybridized carbons (Fsp3) is 0.154. The first-order valence-corrected chi connectivity index (χ1v) is 7.07. The molecule has 1 N–H and O–H groups in total. The molecule has 0 aliphatic heterocycles. The molecule has 0 atom stereocenters. The van der Waals surface area contributed by atoms with E-state index in [9.17, 15) is 4.79 Å². The summed E-state index contributed by atoms with van der Waals surface area (Å²) in [5.41, 5.74) is 0.272. The standard InChI is InChI=1S/C13H12ClN3OS/c14-12-7-6-11(16-17-12)13(18)15-8-9-19-10-4-2-1-3-5-10/h1-7H,8-9H2,(H,15,18). The van der Waals surface area contributed by atoms with Crippen LogP contribution in [0.2, 0.25) is 5.15 Å². The maximum Gasteiger partial charge on any atom is 0.271 e. The molecule has 0 saturated carbocycles. The van der Waals surface area contributed by atoms with Crippen LogP contribution >= 0.6 is 23.4 Å². The Morgan fingerprint density at radius 1 is 1.16 bits per heavy atom. The zero-order valence-corrected chi connectivity index (χ0v) is 11.6. The van der Waals surface area contributed by atoms with Crippen LogP contribution in [0.1, 0.15) is 10.5 Å².